The molecule has 0 saturated heterocycles. The van der Waals surface area contributed by atoms with Gasteiger partial charge >= 0.3 is 5.97 Å². The van der Waals surface area contributed by atoms with Crippen LogP contribution < -0.4 is 4.74 Å². The van der Waals surface area contributed by atoms with Crippen LogP contribution >= 0.6 is 0 Å². The summed E-state index contributed by atoms with van der Waals surface area (Å²) < 4.78 is 10.2. The fourth-order valence-corrected chi connectivity index (χ4v) is 2.56. The highest BCUT2D eigenvalue weighted by Gasteiger charge is 2.46. The molecule has 3 rings (SSSR count). The van der Waals surface area contributed by atoms with Crippen molar-refractivity contribution >= 4 is 5.97 Å². The van der Waals surface area contributed by atoms with Crippen LogP contribution in [0, 0.1) is 0 Å². The Hall–Kier alpha value is -2.95. The second-order valence-electron chi connectivity index (χ2n) is 5.43. The minimum Gasteiger partial charge on any atom is -0.505 e. The van der Waals surface area contributed by atoms with Crippen molar-refractivity contribution in [1.82, 2.24) is 0 Å². The quantitative estimate of drug-likeness (QED) is 0.849. The summed E-state index contributed by atoms with van der Waals surface area (Å²) in [5.41, 5.74) is 1.19. The second-order valence-corrected chi connectivity index (χ2v) is 5.43. The van der Waals surface area contributed by atoms with Crippen LogP contribution in [0.3, 0.4) is 0 Å². The number of aliphatic hydroxyl groups excluding tert-OH is 2. The van der Waals surface area contributed by atoms with Gasteiger partial charge in [-0.1, -0.05) is 36.4 Å². The highest BCUT2D eigenvalue weighted by atomic mass is 16.6. The molecule has 0 radical (unpaired) electrons. The van der Waals surface area contributed by atoms with E-state index in [1.165, 1.54) is 6.92 Å². The Morgan fingerprint density at radius 2 is 1.48 bits per heavy atom. The van der Waals surface area contributed by atoms with Crippen molar-refractivity contribution in [3.05, 3.63) is 65.6 Å². The van der Waals surface area contributed by atoms with Crippen molar-refractivity contribution in [3.63, 3.8) is 0 Å². The molecule has 118 valence electrons. The SMILES string of the molecule is COc1ccc(-c2ccc(C3(C)OC(=O)C(O)=C3O)cc2)cc1. The molecule has 0 amide bonds. The van der Waals surface area contributed by atoms with Gasteiger partial charge in [0.1, 0.15) is 5.75 Å². The van der Waals surface area contributed by atoms with Crippen molar-refractivity contribution in [1.29, 1.82) is 0 Å². The first-order chi connectivity index (χ1) is 11.0. The summed E-state index contributed by atoms with van der Waals surface area (Å²) in [6, 6.07) is 14.8. The smallest absolute Gasteiger partial charge is 0.378 e. The first-order valence-electron chi connectivity index (χ1n) is 7.06. The number of carbonyl (C=O) groups is 1. The second kappa shape index (κ2) is 5.35. The molecule has 5 heteroatoms. The number of aliphatic hydroxyl groups is 2. The van der Waals surface area contributed by atoms with E-state index in [2.05, 4.69) is 0 Å². The Kier molecular flexibility index (Phi) is 3.48. The zero-order chi connectivity index (χ0) is 16.6. The predicted octanol–water partition coefficient (Wildman–Crippen LogP) is 3.46. The lowest BCUT2D eigenvalue weighted by atomic mass is 9.92. The first kappa shape index (κ1) is 15.0. The van der Waals surface area contributed by atoms with E-state index in [1.54, 1.807) is 19.2 Å². The molecule has 1 aliphatic heterocycles. The van der Waals surface area contributed by atoms with Gasteiger partial charge in [0, 0.05) is 5.56 Å². The van der Waals surface area contributed by atoms with Crippen molar-refractivity contribution in [3.8, 4) is 16.9 Å². The largest absolute Gasteiger partial charge is 0.505 e. The van der Waals surface area contributed by atoms with E-state index in [-0.39, 0.29) is 0 Å². The van der Waals surface area contributed by atoms with E-state index in [0.717, 1.165) is 16.9 Å². The van der Waals surface area contributed by atoms with Crippen LogP contribution in [0.1, 0.15) is 12.5 Å². The first-order valence-corrected chi connectivity index (χ1v) is 7.06. The van der Waals surface area contributed by atoms with Crippen LogP contribution in [-0.4, -0.2) is 23.3 Å². The third-order valence-electron chi connectivity index (χ3n) is 4.03. The molecule has 0 aliphatic carbocycles. The van der Waals surface area contributed by atoms with Crippen LogP contribution in [0.2, 0.25) is 0 Å². The number of esters is 1. The molecule has 1 aliphatic rings. The lowest BCUT2D eigenvalue weighted by Gasteiger charge is -2.23. The van der Waals surface area contributed by atoms with Gasteiger partial charge in [0.05, 0.1) is 7.11 Å². The number of benzene rings is 2. The Labute approximate surface area is 133 Å². The molecule has 1 heterocycles. The van der Waals surface area contributed by atoms with Crippen molar-refractivity contribution in [2.45, 2.75) is 12.5 Å². The Bertz CT molecular complexity index is 774. The molecule has 1 atom stereocenters. The third kappa shape index (κ3) is 2.40. The molecular weight excluding hydrogens is 296 g/mol. The molecule has 1 unspecified atom stereocenters. The average molecular weight is 312 g/mol. The third-order valence-corrected chi connectivity index (χ3v) is 4.03. The van der Waals surface area contributed by atoms with Crippen LogP contribution in [0.15, 0.2) is 60.0 Å². The Morgan fingerprint density at radius 1 is 0.957 bits per heavy atom. The molecule has 0 bridgehead atoms. The summed E-state index contributed by atoms with van der Waals surface area (Å²) in [7, 11) is 1.61. The van der Waals surface area contributed by atoms with Gasteiger partial charge in [0.2, 0.25) is 5.76 Å². The lowest BCUT2D eigenvalue weighted by molar-refractivity contribution is -0.149. The zero-order valence-corrected chi connectivity index (χ0v) is 12.7. The molecule has 0 saturated carbocycles. The summed E-state index contributed by atoms with van der Waals surface area (Å²) in [4.78, 5) is 11.4. The van der Waals surface area contributed by atoms with Gasteiger partial charge in [-0.2, -0.15) is 0 Å². The number of rotatable bonds is 3. The van der Waals surface area contributed by atoms with Gasteiger partial charge in [0.25, 0.3) is 0 Å². The highest BCUT2D eigenvalue weighted by molar-refractivity contribution is 5.90. The van der Waals surface area contributed by atoms with E-state index in [1.807, 2.05) is 36.4 Å². The van der Waals surface area contributed by atoms with E-state index in [0.29, 0.717) is 5.56 Å². The van der Waals surface area contributed by atoms with Crippen LogP contribution in [-0.2, 0) is 15.1 Å². The van der Waals surface area contributed by atoms with Crippen molar-refractivity contribution < 1.29 is 24.5 Å². The monoisotopic (exact) mass is 312 g/mol. The van der Waals surface area contributed by atoms with Crippen LogP contribution in [0.25, 0.3) is 11.1 Å². The minimum atomic E-state index is -1.36. The van der Waals surface area contributed by atoms with E-state index >= 15 is 0 Å². The maximum atomic E-state index is 11.4. The Balaban J connectivity index is 1.92. The summed E-state index contributed by atoms with van der Waals surface area (Å²) in [5, 5.41) is 19.4. The summed E-state index contributed by atoms with van der Waals surface area (Å²) in [6.45, 7) is 1.53. The van der Waals surface area contributed by atoms with Crippen molar-refractivity contribution in [2.75, 3.05) is 7.11 Å². The summed E-state index contributed by atoms with van der Waals surface area (Å²) in [5.74, 6) is -1.36. The van der Waals surface area contributed by atoms with Crippen LogP contribution in [0.4, 0.5) is 0 Å². The number of hydrogen-bond acceptors (Lipinski definition) is 5. The topological polar surface area (TPSA) is 76.0 Å². The maximum absolute atomic E-state index is 11.4. The normalized spacial score (nSPS) is 20.5. The fourth-order valence-electron chi connectivity index (χ4n) is 2.56. The molecule has 23 heavy (non-hydrogen) atoms. The van der Waals surface area contributed by atoms with Crippen LogP contribution in [0.5, 0.6) is 5.75 Å². The van der Waals surface area contributed by atoms with E-state index in [4.69, 9.17) is 9.47 Å². The molecule has 2 aromatic rings. The number of cyclic esters (lactones) is 1. The van der Waals surface area contributed by atoms with Gasteiger partial charge in [0.15, 0.2) is 11.4 Å². The summed E-state index contributed by atoms with van der Waals surface area (Å²) in [6.07, 6.45) is 0. The molecule has 0 spiro atoms. The standard InChI is InChI=1S/C18H16O5/c1-18(16(20)15(19)17(21)23-18)13-7-3-11(4-8-13)12-5-9-14(22-2)10-6-12/h3-10,19-20H,1-2H3. The molecule has 2 N–H and O–H groups in total. The van der Waals surface area contributed by atoms with Gasteiger partial charge in [-0.3, -0.25) is 0 Å². The number of hydrogen-bond donors (Lipinski definition) is 2. The van der Waals surface area contributed by atoms with E-state index in [9.17, 15) is 15.0 Å². The number of methoxy groups -OCH3 is 1. The Morgan fingerprint density at radius 3 is 1.91 bits per heavy atom. The zero-order valence-electron chi connectivity index (χ0n) is 12.7. The van der Waals surface area contributed by atoms with E-state index < -0.39 is 23.1 Å². The lowest BCUT2D eigenvalue weighted by Crippen LogP contribution is -2.25. The number of carbonyl (C=O) groups excluding carboxylic acids is 1. The minimum absolute atomic E-state index is 0.473. The molecule has 0 fully saturated rings. The van der Waals surface area contributed by atoms with Gasteiger partial charge in [-0.15, -0.1) is 0 Å². The number of ether oxygens (including phenoxy) is 2. The highest BCUT2D eigenvalue weighted by Crippen LogP contribution is 2.39. The van der Waals surface area contributed by atoms with Crippen molar-refractivity contribution in [2.24, 2.45) is 0 Å². The maximum Gasteiger partial charge on any atom is 0.378 e. The van der Waals surface area contributed by atoms with Gasteiger partial charge in [-0.05, 0) is 30.2 Å². The molecular formula is C18H16O5. The van der Waals surface area contributed by atoms with Gasteiger partial charge < -0.3 is 19.7 Å². The molecule has 0 aromatic heterocycles. The van der Waals surface area contributed by atoms with Gasteiger partial charge in [-0.25, -0.2) is 4.79 Å². The average Bonchev–Trinajstić information content (AvgIpc) is 2.79. The molecule has 2 aromatic carbocycles. The fraction of sp³-hybridized carbons (Fsp3) is 0.167. The molecule has 5 nitrogen and oxygen atoms in total. The predicted molar refractivity (Wildman–Crippen MR) is 84.2 cm³/mol. The summed E-state index contributed by atoms with van der Waals surface area (Å²) >= 11 is 0.